The number of halogens is 1. The van der Waals surface area contributed by atoms with Crippen LogP contribution in [0.4, 0.5) is 0 Å². The van der Waals surface area contributed by atoms with Gasteiger partial charge in [-0.3, -0.25) is 0 Å². The van der Waals surface area contributed by atoms with Gasteiger partial charge in [-0.2, -0.15) is 4.31 Å². The monoisotopic (exact) mass is 500 g/mol. The number of para-hydroxylation sites is 1. The van der Waals surface area contributed by atoms with Crippen molar-refractivity contribution in [3.8, 4) is 5.75 Å². The number of rotatable bonds is 10. The maximum Gasteiger partial charge on any atom is 0.220 e. The van der Waals surface area contributed by atoms with Gasteiger partial charge in [-0.1, -0.05) is 78.9 Å². The minimum Gasteiger partial charge on any atom is -0.488 e. The second kappa shape index (κ2) is 11.4. The molecule has 0 fully saturated rings. The van der Waals surface area contributed by atoms with Crippen LogP contribution in [0.2, 0.25) is 0 Å². The van der Waals surface area contributed by atoms with Crippen LogP contribution in [0.1, 0.15) is 49.5 Å². The number of likely N-dealkylation sites (N-methyl/N-ethyl adjacent to an activating group) is 1. The molecule has 3 rings (SSSR count). The van der Waals surface area contributed by atoms with Gasteiger partial charge in [0.1, 0.15) is 11.4 Å². The van der Waals surface area contributed by atoms with E-state index in [0.717, 1.165) is 11.1 Å². The number of nitrogens with zero attached hydrogens (tertiary/aromatic N) is 1. The molecule has 0 bridgehead atoms. The highest BCUT2D eigenvalue weighted by atomic mass is 35.5. The average Bonchev–Trinajstić information content (AvgIpc) is 2.80. The molecule has 0 heterocycles. The fraction of sp³-hybridized carbons (Fsp3) is 0.333. The second-order valence-corrected chi connectivity index (χ2v) is 11.3. The molecule has 2 unspecified atom stereocenters. The number of sulfonamides is 1. The van der Waals surface area contributed by atoms with Crippen molar-refractivity contribution in [2.24, 2.45) is 0 Å². The first-order valence-corrected chi connectivity index (χ1v) is 13.4. The summed E-state index contributed by atoms with van der Waals surface area (Å²) in [5.74, 6) is 0.332. The minimum absolute atomic E-state index is 0.185. The quantitative estimate of drug-likeness (QED) is 0.278. The summed E-state index contributed by atoms with van der Waals surface area (Å²) in [5, 5.41) is 3.32. The Balaban J connectivity index is 2.05. The van der Waals surface area contributed by atoms with Gasteiger partial charge in [0.2, 0.25) is 10.0 Å². The van der Waals surface area contributed by atoms with Crippen molar-refractivity contribution in [1.29, 1.82) is 0 Å². The van der Waals surface area contributed by atoms with Gasteiger partial charge in [-0.25, -0.2) is 8.42 Å². The molecule has 5 nitrogen and oxygen atoms in total. The lowest BCUT2D eigenvalue weighted by Crippen LogP contribution is -2.41. The third-order valence-corrected chi connectivity index (χ3v) is 7.58. The molecule has 0 aliphatic carbocycles. The molecular weight excluding hydrogens is 468 g/mol. The van der Waals surface area contributed by atoms with Crippen LogP contribution in [-0.2, 0) is 15.8 Å². The van der Waals surface area contributed by atoms with E-state index in [-0.39, 0.29) is 17.8 Å². The lowest BCUT2D eigenvalue weighted by Gasteiger charge is -2.36. The number of hydrogen-bond donors (Lipinski definition) is 1. The summed E-state index contributed by atoms with van der Waals surface area (Å²) in [6.07, 6.45) is 0. The maximum absolute atomic E-state index is 13.9. The smallest absolute Gasteiger partial charge is 0.220 e. The van der Waals surface area contributed by atoms with E-state index < -0.39 is 21.7 Å². The van der Waals surface area contributed by atoms with E-state index in [1.165, 1.54) is 4.31 Å². The van der Waals surface area contributed by atoms with E-state index >= 15 is 0 Å². The van der Waals surface area contributed by atoms with Crippen LogP contribution in [0, 0.1) is 0 Å². The molecule has 0 spiro atoms. The number of nitrogens with one attached hydrogen (secondary N) is 1. The van der Waals surface area contributed by atoms with E-state index in [1.807, 2.05) is 101 Å². The maximum atomic E-state index is 13.9. The molecule has 182 valence electrons. The number of benzene rings is 3. The summed E-state index contributed by atoms with van der Waals surface area (Å²) in [5.41, 5.74) is 1.97. The van der Waals surface area contributed by atoms with Gasteiger partial charge in [0.15, 0.2) is 0 Å². The Hall–Kier alpha value is -2.38. The fourth-order valence-electron chi connectivity index (χ4n) is 4.00. The molecule has 34 heavy (non-hydrogen) atoms. The molecule has 0 aliphatic heterocycles. The zero-order valence-corrected chi connectivity index (χ0v) is 21.7. The van der Waals surface area contributed by atoms with E-state index in [9.17, 15) is 8.42 Å². The van der Waals surface area contributed by atoms with Crippen LogP contribution in [0.5, 0.6) is 5.75 Å². The lowest BCUT2D eigenvalue weighted by molar-refractivity contribution is 0.129. The summed E-state index contributed by atoms with van der Waals surface area (Å²) in [6.45, 7) is 5.81. The first-order valence-electron chi connectivity index (χ1n) is 11.3. The summed E-state index contributed by atoms with van der Waals surface area (Å²) in [7, 11) is -2.00. The van der Waals surface area contributed by atoms with Crippen LogP contribution in [0.15, 0.2) is 84.9 Å². The average molecular weight is 501 g/mol. The number of ether oxygens (including phenoxy) is 1. The Morgan fingerprint density at radius 2 is 1.41 bits per heavy atom. The first kappa shape index (κ1) is 26.2. The van der Waals surface area contributed by atoms with Crippen molar-refractivity contribution in [3.05, 3.63) is 102 Å². The van der Waals surface area contributed by atoms with Crippen LogP contribution >= 0.6 is 11.6 Å². The van der Waals surface area contributed by atoms with E-state index in [2.05, 4.69) is 5.32 Å². The largest absolute Gasteiger partial charge is 0.488 e. The van der Waals surface area contributed by atoms with Crippen molar-refractivity contribution >= 4 is 21.6 Å². The molecule has 0 aliphatic rings. The Morgan fingerprint density at radius 1 is 0.882 bits per heavy atom. The molecule has 3 aromatic rings. The predicted octanol–water partition coefficient (Wildman–Crippen LogP) is 5.89. The predicted molar refractivity (Wildman–Crippen MR) is 139 cm³/mol. The molecule has 0 aromatic heterocycles. The second-order valence-electron chi connectivity index (χ2n) is 9.12. The zero-order chi connectivity index (χ0) is 24.8. The number of alkyl halides is 1. The van der Waals surface area contributed by atoms with Crippen molar-refractivity contribution in [2.45, 2.75) is 44.2 Å². The van der Waals surface area contributed by atoms with E-state index in [1.54, 1.807) is 12.1 Å². The van der Waals surface area contributed by atoms with Gasteiger partial charge in [-0.15, -0.1) is 11.6 Å². The Kier molecular flexibility index (Phi) is 8.77. The SMILES string of the molecule is CNC(c1ccccc1)C(c1ccccc1)N(CCl)S(=O)(=O)Cc1ccccc1OC(C)(C)C. The molecule has 0 amide bonds. The lowest BCUT2D eigenvalue weighted by atomic mass is 9.93. The Bertz CT molecular complexity index is 1150. The Morgan fingerprint density at radius 3 is 1.94 bits per heavy atom. The minimum atomic E-state index is -3.83. The molecule has 7 heteroatoms. The summed E-state index contributed by atoms with van der Waals surface area (Å²) >= 11 is 6.39. The highest BCUT2D eigenvalue weighted by Crippen LogP contribution is 2.37. The highest BCUT2D eigenvalue weighted by molar-refractivity contribution is 7.88. The summed E-state index contributed by atoms with van der Waals surface area (Å²) in [4.78, 5) is 0. The van der Waals surface area contributed by atoms with Crippen LogP contribution < -0.4 is 10.1 Å². The topological polar surface area (TPSA) is 58.6 Å². The van der Waals surface area contributed by atoms with E-state index in [4.69, 9.17) is 16.3 Å². The zero-order valence-electron chi connectivity index (χ0n) is 20.1. The summed E-state index contributed by atoms with van der Waals surface area (Å²) in [6, 6.07) is 25.6. The van der Waals surface area contributed by atoms with Crippen LogP contribution in [0.25, 0.3) is 0 Å². The van der Waals surface area contributed by atoms with Crippen molar-refractivity contribution in [3.63, 3.8) is 0 Å². The molecule has 0 saturated heterocycles. The van der Waals surface area contributed by atoms with Gasteiger partial charge in [0, 0.05) is 5.56 Å². The van der Waals surface area contributed by atoms with Gasteiger partial charge in [0.05, 0.1) is 23.8 Å². The normalized spacial score (nSPS) is 14.1. The molecule has 0 radical (unpaired) electrons. The molecule has 0 saturated carbocycles. The number of hydrogen-bond acceptors (Lipinski definition) is 4. The fourth-order valence-corrected chi connectivity index (χ4v) is 6.13. The van der Waals surface area contributed by atoms with Gasteiger partial charge >= 0.3 is 0 Å². The molecule has 1 N–H and O–H groups in total. The van der Waals surface area contributed by atoms with Crippen molar-refractivity contribution < 1.29 is 13.2 Å². The third-order valence-electron chi connectivity index (χ3n) is 5.44. The van der Waals surface area contributed by atoms with Gasteiger partial charge in [-0.05, 0) is 45.0 Å². The van der Waals surface area contributed by atoms with Crippen LogP contribution in [0.3, 0.4) is 0 Å². The first-order chi connectivity index (χ1) is 16.2. The van der Waals surface area contributed by atoms with Crippen LogP contribution in [-0.4, -0.2) is 31.4 Å². The standard InChI is InChI=1S/C27H33ClN2O3S/c1-27(2,3)33-24-18-12-11-17-23(24)19-34(31,32)30(20-28)26(22-15-9-6-10-16-22)25(29-4)21-13-7-5-8-14-21/h5-18,25-26,29H,19-20H2,1-4H3. The van der Waals surface area contributed by atoms with Gasteiger partial charge < -0.3 is 10.1 Å². The molecular formula is C27H33ClN2O3S. The van der Waals surface area contributed by atoms with E-state index in [0.29, 0.717) is 11.3 Å². The molecule has 3 aromatic carbocycles. The van der Waals surface area contributed by atoms with Crippen molar-refractivity contribution in [2.75, 3.05) is 13.1 Å². The van der Waals surface area contributed by atoms with Gasteiger partial charge in [0.25, 0.3) is 0 Å². The highest BCUT2D eigenvalue weighted by Gasteiger charge is 2.37. The third kappa shape index (κ3) is 6.60. The Labute approximate surface area is 208 Å². The van der Waals surface area contributed by atoms with Crippen molar-refractivity contribution in [1.82, 2.24) is 9.62 Å². The molecule has 2 atom stereocenters. The summed E-state index contributed by atoms with van der Waals surface area (Å²) < 4.78 is 35.2.